The standard InChI is InChI=1S/C14H21N3O2/c1-16(2)14(17-7-5-15-6-8-17)11-3-4-12-13(9-11)19-10-18-12/h3-4,9,14-15H,5-8,10H2,1-2H3. The molecule has 5 heteroatoms. The normalized spacial score (nSPS) is 20.8. The van der Waals surface area contributed by atoms with Gasteiger partial charge < -0.3 is 14.8 Å². The highest BCUT2D eigenvalue weighted by atomic mass is 16.7. The van der Waals surface area contributed by atoms with E-state index in [0.717, 1.165) is 37.7 Å². The van der Waals surface area contributed by atoms with Crippen LogP contribution in [0.4, 0.5) is 0 Å². The molecular formula is C14H21N3O2. The fourth-order valence-corrected chi connectivity index (χ4v) is 2.84. The first-order valence-electron chi connectivity index (χ1n) is 6.76. The van der Waals surface area contributed by atoms with Crippen molar-refractivity contribution in [1.29, 1.82) is 0 Å². The predicted molar refractivity (Wildman–Crippen MR) is 73.4 cm³/mol. The Morgan fingerprint density at radius 1 is 1.16 bits per heavy atom. The maximum Gasteiger partial charge on any atom is 0.231 e. The molecule has 0 saturated carbocycles. The Morgan fingerprint density at radius 3 is 2.63 bits per heavy atom. The van der Waals surface area contributed by atoms with E-state index < -0.39 is 0 Å². The van der Waals surface area contributed by atoms with E-state index in [1.54, 1.807) is 0 Å². The van der Waals surface area contributed by atoms with Gasteiger partial charge in [-0.05, 0) is 31.8 Å². The van der Waals surface area contributed by atoms with Crippen molar-refractivity contribution in [1.82, 2.24) is 15.1 Å². The van der Waals surface area contributed by atoms with Crippen molar-refractivity contribution in [3.8, 4) is 11.5 Å². The van der Waals surface area contributed by atoms with Crippen LogP contribution in [0.2, 0.25) is 0 Å². The van der Waals surface area contributed by atoms with Gasteiger partial charge in [0.05, 0.1) is 6.17 Å². The lowest BCUT2D eigenvalue weighted by Gasteiger charge is -2.38. The first-order chi connectivity index (χ1) is 9.25. The van der Waals surface area contributed by atoms with E-state index in [4.69, 9.17) is 9.47 Å². The van der Waals surface area contributed by atoms with Gasteiger partial charge in [-0.25, -0.2) is 0 Å². The maximum atomic E-state index is 5.48. The van der Waals surface area contributed by atoms with Gasteiger partial charge in [-0.15, -0.1) is 0 Å². The van der Waals surface area contributed by atoms with E-state index in [9.17, 15) is 0 Å². The van der Waals surface area contributed by atoms with Crippen LogP contribution in [0.3, 0.4) is 0 Å². The number of nitrogens with one attached hydrogen (secondary N) is 1. The molecule has 1 atom stereocenters. The monoisotopic (exact) mass is 263 g/mol. The summed E-state index contributed by atoms with van der Waals surface area (Å²) in [5, 5.41) is 3.40. The van der Waals surface area contributed by atoms with Crippen molar-refractivity contribution < 1.29 is 9.47 Å². The summed E-state index contributed by atoms with van der Waals surface area (Å²) in [5.41, 5.74) is 1.26. The van der Waals surface area contributed by atoms with Crippen molar-refractivity contribution in [3.05, 3.63) is 23.8 Å². The lowest BCUT2D eigenvalue weighted by atomic mass is 10.1. The van der Waals surface area contributed by atoms with Crippen LogP contribution in [0, 0.1) is 0 Å². The van der Waals surface area contributed by atoms with E-state index in [-0.39, 0.29) is 6.17 Å². The minimum absolute atomic E-state index is 0.289. The second kappa shape index (κ2) is 5.36. The molecule has 1 N–H and O–H groups in total. The number of hydrogen-bond donors (Lipinski definition) is 1. The summed E-state index contributed by atoms with van der Waals surface area (Å²) in [6.45, 7) is 4.57. The number of hydrogen-bond acceptors (Lipinski definition) is 5. The largest absolute Gasteiger partial charge is 0.454 e. The van der Waals surface area contributed by atoms with Gasteiger partial charge in [0.25, 0.3) is 0 Å². The highest BCUT2D eigenvalue weighted by molar-refractivity contribution is 5.45. The summed E-state index contributed by atoms with van der Waals surface area (Å²) < 4.78 is 10.9. The molecule has 2 aliphatic rings. The second-order valence-corrected chi connectivity index (χ2v) is 5.24. The summed E-state index contributed by atoms with van der Waals surface area (Å²) in [5.74, 6) is 1.71. The Bertz CT molecular complexity index is 444. The van der Waals surface area contributed by atoms with Crippen LogP contribution >= 0.6 is 0 Å². The number of benzene rings is 1. The van der Waals surface area contributed by atoms with Crippen molar-refractivity contribution in [2.24, 2.45) is 0 Å². The molecule has 2 heterocycles. The number of fused-ring (bicyclic) bond motifs is 1. The zero-order chi connectivity index (χ0) is 13.2. The third-order valence-corrected chi connectivity index (χ3v) is 3.68. The van der Waals surface area contributed by atoms with E-state index in [1.165, 1.54) is 5.56 Å². The van der Waals surface area contributed by atoms with E-state index >= 15 is 0 Å². The van der Waals surface area contributed by atoms with E-state index in [0.29, 0.717) is 6.79 Å². The molecule has 2 aliphatic heterocycles. The van der Waals surface area contributed by atoms with Crippen LogP contribution < -0.4 is 14.8 Å². The maximum absolute atomic E-state index is 5.48. The molecule has 0 radical (unpaired) electrons. The molecule has 1 aromatic carbocycles. The van der Waals surface area contributed by atoms with Crippen LogP contribution in [-0.2, 0) is 0 Å². The average Bonchev–Trinajstić information content (AvgIpc) is 2.87. The Labute approximate surface area is 114 Å². The minimum atomic E-state index is 0.289. The molecule has 1 aromatic rings. The third-order valence-electron chi connectivity index (χ3n) is 3.68. The van der Waals surface area contributed by atoms with Crippen LogP contribution in [0.25, 0.3) is 0 Å². The quantitative estimate of drug-likeness (QED) is 0.876. The van der Waals surface area contributed by atoms with Crippen LogP contribution in [0.5, 0.6) is 11.5 Å². The van der Waals surface area contributed by atoms with Gasteiger partial charge in [0.1, 0.15) is 0 Å². The van der Waals surface area contributed by atoms with Gasteiger partial charge in [0, 0.05) is 26.2 Å². The molecule has 1 saturated heterocycles. The highest BCUT2D eigenvalue weighted by Gasteiger charge is 2.25. The molecule has 19 heavy (non-hydrogen) atoms. The Kier molecular flexibility index (Phi) is 3.59. The number of ether oxygens (including phenoxy) is 2. The molecule has 0 aliphatic carbocycles. The number of piperazine rings is 1. The van der Waals surface area contributed by atoms with E-state index in [1.807, 2.05) is 6.07 Å². The van der Waals surface area contributed by atoms with Crippen LogP contribution in [0.1, 0.15) is 11.7 Å². The highest BCUT2D eigenvalue weighted by Crippen LogP contribution is 2.36. The Hall–Kier alpha value is -1.30. The van der Waals surface area contributed by atoms with Gasteiger partial charge in [0.15, 0.2) is 11.5 Å². The summed E-state index contributed by atoms with van der Waals surface area (Å²) in [6.07, 6.45) is 0.289. The molecule has 104 valence electrons. The topological polar surface area (TPSA) is 37.0 Å². The molecule has 1 unspecified atom stereocenters. The SMILES string of the molecule is CN(C)C(c1ccc2c(c1)OCO2)N1CCNCC1. The van der Waals surface area contributed by atoms with Crippen LogP contribution in [-0.4, -0.2) is 56.9 Å². The lowest BCUT2D eigenvalue weighted by molar-refractivity contribution is 0.0671. The van der Waals surface area contributed by atoms with Crippen molar-refractivity contribution >= 4 is 0 Å². The molecule has 1 fully saturated rings. The van der Waals surface area contributed by atoms with E-state index in [2.05, 4.69) is 41.3 Å². The summed E-state index contributed by atoms with van der Waals surface area (Å²) in [6, 6.07) is 6.26. The molecule has 0 bridgehead atoms. The molecule has 0 spiro atoms. The summed E-state index contributed by atoms with van der Waals surface area (Å²) in [4.78, 5) is 4.75. The Balaban J connectivity index is 1.87. The van der Waals surface area contributed by atoms with Gasteiger partial charge in [-0.3, -0.25) is 9.80 Å². The number of nitrogens with zero attached hydrogens (tertiary/aromatic N) is 2. The van der Waals surface area contributed by atoms with Gasteiger partial charge in [-0.1, -0.05) is 6.07 Å². The molecule has 0 amide bonds. The fraction of sp³-hybridized carbons (Fsp3) is 0.571. The predicted octanol–water partition coefficient (Wildman–Crippen LogP) is 0.881. The zero-order valence-corrected chi connectivity index (χ0v) is 11.6. The second-order valence-electron chi connectivity index (χ2n) is 5.24. The average molecular weight is 263 g/mol. The molecule has 0 aromatic heterocycles. The number of rotatable bonds is 3. The van der Waals surface area contributed by atoms with Gasteiger partial charge >= 0.3 is 0 Å². The molecule has 3 rings (SSSR count). The summed E-state index contributed by atoms with van der Waals surface area (Å²) in [7, 11) is 4.24. The smallest absolute Gasteiger partial charge is 0.231 e. The summed E-state index contributed by atoms with van der Waals surface area (Å²) >= 11 is 0. The van der Waals surface area contributed by atoms with Gasteiger partial charge in [0.2, 0.25) is 6.79 Å². The van der Waals surface area contributed by atoms with Crippen molar-refractivity contribution in [3.63, 3.8) is 0 Å². The fourth-order valence-electron chi connectivity index (χ4n) is 2.84. The zero-order valence-electron chi connectivity index (χ0n) is 11.6. The first-order valence-corrected chi connectivity index (χ1v) is 6.76. The molecular weight excluding hydrogens is 242 g/mol. The van der Waals surface area contributed by atoms with Crippen molar-refractivity contribution in [2.75, 3.05) is 47.1 Å². The third kappa shape index (κ3) is 2.54. The minimum Gasteiger partial charge on any atom is -0.454 e. The molecule has 5 nitrogen and oxygen atoms in total. The van der Waals surface area contributed by atoms with Gasteiger partial charge in [-0.2, -0.15) is 0 Å². The lowest BCUT2D eigenvalue weighted by Crippen LogP contribution is -2.48. The first kappa shape index (κ1) is 12.7. The van der Waals surface area contributed by atoms with Crippen molar-refractivity contribution in [2.45, 2.75) is 6.17 Å². The Morgan fingerprint density at radius 2 is 1.89 bits per heavy atom. The van der Waals surface area contributed by atoms with Crippen LogP contribution in [0.15, 0.2) is 18.2 Å².